The summed E-state index contributed by atoms with van der Waals surface area (Å²) in [7, 11) is 0. The van der Waals surface area contributed by atoms with Gasteiger partial charge in [0.2, 0.25) is 0 Å². The third-order valence-electron chi connectivity index (χ3n) is 5.36. The Labute approximate surface area is 176 Å². The summed E-state index contributed by atoms with van der Waals surface area (Å²) in [5.41, 5.74) is 2.42. The highest BCUT2D eigenvalue weighted by Gasteiger charge is 2.22. The lowest BCUT2D eigenvalue weighted by Crippen LogP contribution is -2.39. The summed E-state index contributed by atoms with van der Waals surface area (Å²) < 4.78 is 18.5. The molecular formula is C20H21ClFN5OS. The summed E-state index contributed by atoms with van der Waals surface area (Å²) in [5.74, 6) is -0.378. The Bertz CT molecular complexity index is 1260. The lowest BCUT2D eigenvalue weighted by Gasteiger charge is -2.29. The molecule has 1 N–H and O–H groups in total. The highest BCUT2D eigenvalue weighted by molar-refractivity contribution is 7.22. The molecule has 0 aromatic carbocycles. The van der Waals surface area contributed by atoms with E-state index >= 15 is 0 Å². The number of hydrogen-bond acceptors (Lipinski definition) is 5. The van der Waals surface area contributed by atoms with Crippen LogP contribution in [0.2, 0.25) is 0 Å². The molecule has 1 aliphatic rings. The maximum Gasteiger partial charge on any atom is 0.271 e. The van der Waals surface area contributed by atoms with E-state index in [9.17, 15) is 9.18 Å². The number of nitrogens with zero attached hydrogens (tertiary/aromatic N) is 4. The highest BCUT2D eigenvalue weighted by atomic mass is 35.5. The minimum absolute atomic E-state index is 0. The molecule has 2 atom stereocenters. The van der Waals surface area contributed by atoms with Crippen molar-refractivity contribution in [2.45, 2.75) is 38.8 Å². The SMILES string of the molecule is Cc1cn2cc(-c3cc4ncn([C@H]5CCN[C@@H](C)C5)c(=O)c4s3)cc(F)c2n1.Cl. The van der Waals surface area contributed by atoms with Crippen molar-refractivity contribution in [3.63, 3.8) is 0 Å². The third-order valence-corrected chi connectivity index (χ3v) is 6.52. The minimum Gasteiger partial charge on any atom is -0.314 e. The fourth-order valence-corrected chi connectivity index (χ4v) is 5.03. The van der Waals surface area contributed by atoms with Crippen LogP contribution in [0.3, 0.4) is 0 Å². The van der Waals surface area contributed by atoms with E-state index in [1.165, 1.54) is 17.4 Å². The van der Waals surface area contributed by atoms with E-state index in [1.54, 1.807) is 21.5 Å². The summed E-state index contributed by atoms with van der Waals surface area (Å²) >= 11 is 1.37. The van der Waals surface area contributed by atoms with E-state index in [-0.39, 0.29) is 29.8 Å². The number of piperidine rings is 1. The average Bonchev–Trinajstić information content (AvgIpc) is 3.25. The number of rotatable bonds is 2. The van der Waals surface area contributed by atoms with Gasteiger partial charge in [0.05, 0.1) is 17.5 Å². The van der Waals surface area contributed by atoms with Crippen LogP contribution >= 0.6 is 23.7 Å². The fourth-order valence-electron chi connectivity index (χ4n) is 4.00. The van der Waals surface area contributed by atoms with Crippen LogP contribution in [0.4, 0.5) is 4.39 Å². The van der Waals surface area contributed by atoms with E-state index < -0.39 is 0 Å². The Morgan fingerprint density at radius 2 is 2.14 bits per heavy atom. The number of pyridine rings is 1. The van der Waals surface area contributed by atoms with Gasteiger partial charge in [-0.15, -0.1) is 23.7 Å². The fraction of sp³-hybridized carbons (Fsp3) is 0.350. The number of fused-ring (bicyclic) bond motifs is 2. The first-order valence-corrected chi connectivity index (χ1v) is 10.2. The molecule has 1 fully saturated rings. The third kappa shape index (κ3) is 3.45. The topological polar surface area (TPSA) is 64.2 Å². The zero-order chi connectivity index (χ0) is 19.4. The van der Waals surface area contributed by atoms with E-state index in [2.05, 4.69) is 22.2 Å². The molecule has 5 heterocycles. The van der Waals surface area contributed by atoms with Crippen LogP contribution in [0.15, 0.2) is 35.6 Å². The molecule has 4 aromatic rings. The van der Waals surface area contributed by atoms with E-state index in [4.69, 9.17) is 0 Å². The van der Waals surface area contributed by atoms with Gasteiger partial charge in [-0.3, -0.25) is 9.36 Å². The van der Waals surface area contributed by atoms with Gasteiger partial charge in [-0.2, -0.15) is 0 Å². The number of hydrogen-bond donors (Lipinski definition) is 1. The number of thiophene rings is 1. The smallest absolute Gasteiger partial charge is 0.271 e. The van der Waals surface area contributed by atoms with E-state index in [1.807, 2.05) is 19.2 Å². The first kappa shape index (κ1) is 20.0. The molecule has 0 unspecified atom stereocenters. The summed E-state index contributed by atoms with van der Waals surface area (Å²) in [6.45, 7) is 4.87. The summed E-state index contributed by atoms with van der Waals surface area (Å²) in [4.78, 5) is 22.6. The maximum atomic E-state index is 14.5. The number of aromatic nitrogens is 4. The molecule has 6 nitrogen and oxygen atoms in total. The highest BCUT2D eigenvalue weighted by Crippen LogP contribution is 2.32. The van der Waals surface area contributed by atoms with Crippen LogP contribution in [0.25, 0.3) is 26.3 Å². The van der Waals surface area contributed by atoms with Crippen molar-refractivity contribution in [1.29, 1.82) is 0 Å². The monoisotopic (exact) mass is 433 g/mol. The van der Waals surface area contributed by atoms with Gasteiger partial charge in [0, 0.05) is 34.9 Å². The Kier molecular flexibility index (Phi) is 5.18. The van der Waals surface area contributed by atoms with Gasteiger partial charge in [0.25, 0.3) is 5.56 Å². The molecule has 0 amide bonds. The van der Waals surface area contributed by atoms with Gasteiger partial charge in [-0.05, 0) is 45.4 Å². The largest absolute Gasteiger partial charge is 0.314 e. The van der Waals surface area contributed by atoms with Gasteiger partial charge in [-0.1, -0.05) is 0 Å². The van der Waals surface area contributed by atoms with Crippen molar-refractivity contribution in [1.82, 2.24) is 24.3 Å². The van der Waals surface area contributed by atoms with Crippen LogP contribution in [-0.4, -0.2) is 31.5 Å². The average molecular weight is 434 g/mol. The normalized spacial score (nSPS) is 19.6. The number of imidazole rings is 1. The lowest BCUT2D eigenvalue weighted by molar-refractivity contribution is 0.307. The standard InChI is InChI=1S/C20H20FN5OS.ClH/c1-11-5-14(3-4-22-11)26-10-23-16-7-17(28-18(16)20(26)27)13-6-15(21)19-24-12(2)8-25(19)9-13;/h6-11,14,22H,3-5H2,1-2H3;1H/t11-,14-;/m0./s1. The predicted octanol–water partition coefficient (Wildman–Crippen LogP) is 3.96. The molecular weight excluding hydrogens is 413 g/mol. The van der Waals surface area contributed by atoms with Crippen LogP contribution in [0.1, 0.15) is 31.5 Å². The van der Waals surface area contributed by atoms with Crippen molar-refractivity contribution < 1.29 is 4.39 Å². The summed E-state index contributed by atoms with van der Waals surface area (Å²) in [6.07, 6.45) is 7.12. The lowest BCUT2D eigenvalue weighted by atomic mass is 10.0. The van der Waals surface area contributed by atoms with Crippen molar-refractivity contribution in [2.75, 3.05) is 6.54 Å². The number of halogens is 2. The van der Waals surface area contributed by atoms with E-state index in [0.29, 0.717) is 27.5 Å². The van der Waals surface area contributed by atoms with Crippen molar-refractivity contribution >= 4 is 39.6 Å². The first-order valence-electron chi connectivity index (χ1n) is 9.39. The molecule has 9 heteroatoms. The van der Waals surface area contributed by atoms with Crippen LogP contribution < -0.4 is 10.9 Å². The second kappa shape index (κ2) is 7.51. The predicted molar refractivity (Wildman–Crippen MR) is 116 cm³/mol. The zero-order valence-corrected chi connectivity index (χ0v) is 17.7. The molecule has 0 radical (unpaired) electrons. The van der Waals surface area contributed by atoms with E-state index in [0.717, 1.165) is 30.0 Å². The Morgan fingerprint density at radius 3 is 2.93 bits per heavy atom. The number of aryl methyl sites for hydroxylation is 1. The minimum atomic E-state index is -0.378. The molecule has 0 saturated carbocycles. The quantitative estimate of drug-likeness (QED) is 0.519. The van der Waals surface area contributed by atoms with Gasteiger partial charge >= 0.3 is 0 Å². The zero-order valence-electron chi connectivity index (χ0n) is 16.1. The Morgan fingerprint density at radius 1 is 1.31 bits per heavy atom. The molecule has 4 aromatic heterocycles. The second-order valence-corrected chi connectivity index (χ2v) is 8.56. The molecule has 0 spiro atoms. The maximum absolute atomic E-state index is 14.5. The molecule has 1 aliphatic heterocycles. The molecule has 0 aliphatic carbocycles. The van der Waals surface area contributed by atoms with Crippen LogP contribution in [-0.2, 0) is 0 Å². The van der Waals surface area contributed by atoms with Gasteiger partial charge < -0.3 is 9.72 Å². The van der Waals surface area contributed by atoms with Gasteiger partial charge in [0.15, 0.2) is 11.5 Å². The molecule has 5 rings (SSSR count). The molecule has 0 bridgehead atoms. The Hall–Kier alpha value is -2.29. The number of nitrogens with one attached hydrogen (secondary N) is 1. The van der Waals surface area contributed by atoms with Gasteiger partial charge in [0.1, 0.15) is 4.70 Å². The molecule has 29 heavy (non-hydrogen) atoms. The van der Waals surface area contributed by atoms with Crippen molar-refractivity contribution in [3.05, 3.63) is 52.7 Å². The van der Waals surface area contributed by atoms with Crippen LogP contribution in [0.5, 0.6) is 0 Å². The second-order valence-electron chi connectivity index (χ2n) is 7.51. The Balaban J connectivity index is 0.00000205. The molecule has 1 saturated heterocycles. The van der Waals surface area contributed by atoms with Gasteiger partial charge in [-0.25, -0.2) is 14.4 Å². The first-order chi connectivity index (χ1) is 13.5. The summed E-state index contributed by atoms with van der Waals surface area (Å²) in [6, 6.07) is 3.88. The van der Waals surface area contributed by atoms with Crippen LogP contribution in [0, 0.1) is 12.7 Å². The molecule has 152 valence electrons. The van der Waals surface area contributed by atoms with Crippen molar-refractivity contribution in [3.8, 4) is 10.4 Å². The van der Waals surface area contributed by atoms with Crippen molar-refractivity contribution in [2.24, 2.45) is 0 Å². The summed E-state index contributed by atoms with van der Waals surface area (Å²) in [5, 5.41) is 3.41.